The summed E-state index contributed by atoms with van der Waals surface area (Å²) < 4.78 is 0. The molecule has 1 aromatic heterocycles. The molecule has 29 heavy (non-hydrogen) atoms. The Balaban J connectivity index is 1.29. The molecule has 2 aliphatic carbocycles. The van der Waals surface area contributed by atoms with Crippen LogP contribution < -0.4 is 10.2 Å². The Morgan fingerprint density at radius 2 is 1.79 bits per heavy atom. The lowest BCUT2D eigenvalue weighted by molar-refractivity contribution is -0.132. The zero-order chi connectivity index (χ0) is 20.2. The molecule has 158 valence electrons. The Morgan fingerprint density at radius 3 is 2.48 bits per heavy atom. The van der Waals surface area contributed by atoms with E-state index in [1.807, 2.05) is 4.90 Å². The maximum Gasteiger partial charge on any atom is 0.230 e. The lowest BCUT2D eigenvalue weighted by Crippen LogP contribution is -2.49. The lowest BCUT2D eigenvalue weighted by atomic mass is 9.95. The first-order chi connectivity index (χ1) is 14.1. The zero-order valence-electron chi connectivity index (χ0n) is 16.6. The number of anilines is 1. The van der Waals surface area contributed by atoms with E-state index in [2.05, 4.69) is 20.2 Å². The number of aromatic nitrogens is 2. The SMILES string of the molecule is O=C(CSc1nc(Cl)cc(N2CCN(C(=O)C3CC3)CC2)n1)NC1CCCCC1. The van der Waals surface area contributed by atoms with Gasteiger partial charge in [-0.15, -0.1) is 0 Å². The van der Waals surface area contributed by atoms with Crippen LogP contribution in [0.25, 0.3) is 0 Å². The van der Waals surface area contributed by atoms with Crippen molar-refractivity contribution in [1.82, 2.24) is 20.2 Å². The fraction of sp³-hybridized carbons (Fsp3) is 0.700. The molecule has 0 bridgehead atoms. The first kappa shape index (κ1) is 20.7. The summed E-state index contributed by atoms with van der Waals surface area (Å²) in [6.45, 7) is 2.89. The van der Waals surface area contributed by atoms with Crippen LogP contribution in [0.15, 0.2) is 11.2 Å². The number of hydrogen-bond acceptors (Lipinski definition) is 6. The highest BCUT2D eigenvalue weighted by Gasteiger charge is 2.34. The molecular weight excluding hydrogens is 410 g/mol. The quantitative estimate of drug-likeness (QED) is 0.419. The van der Waals surface area contributed by atoms with Crippen LogP contribution >= 0.6 is 23.4 Å². The standard InChI is InChI=1S/C20H28ClN5O2S/c21-16-12-17(25-8-10-26(11-9-25)19(28)14-6-7-14)24-20(23-16)29-13-18(27)22-15-4-2-1-3-5-15/h12,14-15H,1-11,13H2,(H,22,27). The summed E-state index contributed by atoms with van der Waals surface area (Å²) in [4.78, 5) is 37.4. The average molecular weight is 438 g/mol. The summed E-state index contributed by atoms with van der Waals surface area (Å²) >= 11 is 7.53. The number of thioether (sulfide) groups is 1. The molecule has 3 fully saturated rings. The van der Waals surface area contributed by atoms with Gasteiger partial charge in [0.05, 0.1) is 5.75 Å². The molecule has 0 radical (unpaired) electrons. The monoisotopic (exact) mass is 437 g/mol. The van der Waals surface area contributed by atoms with Gasteiger partial charge in [-0.1, -0.05) is 42.6 Å². The van der Waals surface area contributed by atoms with Crippen molar-refractivity contribution in [2.75, 3.05) is 36.8 Å². The van der Waals surface area contributed by atoms with Crippen molar-refractivity contribution in [3.05, 3.63) is 11.2 Å². The Kier molecular flexibility index (Phi) is 6.80. The maximum atomic E-state index is 12.2. The topological polar surface area (TPSA) is 78.4 Å². The van der Waals surface area contributed by atoms with Crippen LogP contribution in [0, 0.1) is 5.92 Å². The van der Waals surface area contributed by atoms with Crippen molar-refractivity contribution >= 4 is 41.0 Å². The van der Waals surface area contributed by atoms with Crippen LogP contribution in [0.2, 0.25) is 5.15 Å². The number of carbonyl (C=O) groups excluding carboxylic acids is 2. The maximum absolute atomic E-state index is 12.2. The average Bonchev–Trinajstić information content (AvgIpc) is 3.58. The molecule has 4 rings (SSSR count). The largest absolute Gasteiger partial charge is 0.353 e. The summed E-state index contributed by atoms with van der Waals surface area (Å²) in [5.41, 5.74) is 0. The Bertz CT molecular complexity index is 746. The van der Waals surface area contributed by atoms with Crippen molar-refractivity contribution in [1.29, 1.82) is 0 Å². The molecule has 2 saturated carbocycles. The third-order valence-electron chi connectivity index (χ3n) is 5.81. The minimum absolute atomic E-state index is 0.0271. The normalized spacial score (nSPS) is 20.6. The number of nitrogens with zero attached hydrogens (tertiary/aromatic N) is 4. The number of carbonyl (C=O) groups is 2. The summed E-state index contributed by atoms with van der Waals surface area (Å²) in [5, 5.41) is 4.01. The predicted molar refractivity (Wildman–Crippen MR) is 114 cm³/mol. The van der Waals surface area contributed by atoms with Gasteiger partial charge < -0.3 is 15.1 Å². The molecule has 0 unspecified atom stereocenters. The third-order valence-corrected chi connectivity index (χ3v) is 6.85. The first-order valence-electron chi connectivity index (χ1n) is 10.6. The number of halogens is 1. The molecule has 1 saturated heterocycles. The minimum Gasteiger partial charge on any atom is -0.353 e. The van der Waals surface area contributed by atoms with Gasteiger partial charge >= 0.3 is 0 Å². The van der Waals surface area contributed by atoms with Crippen LogP contribution in [-0.4, -0.2) is 64.7 Å². The number of piperazine rings is 1. The Labute approximate surface area is 181 Å². The molecule has 9 heteroatoms. The van der Waals surface area contributed by atoms with Gasteiger partial charge in [-0.25, -0.2) is 9.97 Å². The van der Waals surface area contributed by atoms with Crippen molar-refractivity contribution in [2.24, 2.45) is 5.92 Å². The van der Waals surface area contributed by atoms with Gasteiger partial charge in [0, 0.05) is 44.2 Å². The van der Waals surface area contributed by atoms with E-state index in [0.29, 0.717) is 41.1 Å². The molecule has 2 heterocycles. The second-order valence-electron chi connectivity index (χ2n) is 8.11. The van der Waals surface area contributed by atoms with Crippen molar-refractivity contribution < 1.29 is 9.59 Å². The first-order valence-corrected chi connectivity index (χ1v) is 12.0. The van der Waals surface area contributed by atoms with Crippen molar-refractivity contribution in [3.63, 3.8) is 0 Å². The van der Waals surface area contributed by atoms with E-state index in [4.69, 9.17) is 11.6 Å². The van der Waals surface area contributed by atoms with E-state index in [1.54, 1.807) is 6.07 Å². The number of hydrogen-bond donors (Lipinski definition) is 1. The molecule has 1 aliphatic heterocycles. The number of rotatable bonds is 6. The van der Waals surface area contributed by atoms with Gasteiger partial charge in [-0.2, -0.15) is 0 Å². The van der Waals surface area contributed by atoms with Gasteiger partial charge in [0.15, 0.2) is 5.16 Å². The van der Waals surface area contributed by atoms with Crippen LogP contribution in [0.5, 0.6) is 0 Å². The van der Waals surface area contributed by atoms with Crippen LogP contribution in [0.1, 0.15) is 44.9 Å². The van der Waals surface area contributed by atoms with Gasteiger partial charge in [-0.3, -0.25) is 9.59 Å². The lowest BCUT2D eigenvalue weighted by Gasteiger charge is -2.35. The fourth-order valence-electron chi connectivity index (χ4n) is 4.00. The Hall–Kier alpha value is -1.54. The summed E-state index contributed by atoms with van der Waals surface area (Å²) in [5.74, 6) is 1.64. The molecule has 0 atom stereocenters. The van der Waals surface area contributed by atoms with Crippen molar-refractivity contribution in [3.8, 4) is 0 Å². The summed E-state index contributed by atoms with van der Waals surface area (Å²) in [6, 6.07) is 2.06. The molecule has 0 aromatic carbocycles. The summed E-state index contributed by atoms with van der Waals surface area (Å²) in [7, 11) is 0. The van der Waals surface area contributed by atoms with Gasteiger partial charge in [0.1, 0.15) is 11.0 Å². The van der Waals surface area contributed by atoms with E-state index in [0.717, 1.165) is 44.6 Å². The highest BCUT2D eigenvalue weighted by atomic mass is 35.5. The van der Waals surface area contributed by atoms with Crippen LogP contribution in [0.3, 0.4) is 0 Å². The third kappa shape index (κ3) is 5.75. The van der Waals surface area contributed by atoms with E-state index >= 15 is 0 Å². The van der Waals surface area contributed by atoms with Crippen LogP contribution in [-0.2, 0) is 9.59 Å². The Morgan fingerprint density at radius 1 is 1.07 bits per heavy atom. The summed E-state index contributed by atoms with van der Waals surface area (Å²) in [6.07, 6.45) is 7.87. The van der Waals surface area contributed by atoms with Crippen LogP contribution in [0.4, 0.5) is 5.82 Å². The molecule has 0 spiro atoms. The van der Waals surface area contributed by atoms with E-state index in [1.165, 1.54) is 31.0 Å². The smallest absolute Gasteiger partial charge is 0.230 e. The molecule has 2 amide bonds. The minimum atomic E-state index is 0.0271. The van der Waals surface area contributed by atoms with Gasteiger partial charge in [0.2, 0.25) is 11.8 Å². The van der Waals surface area contributed by atoms with E-state index in [9.17, 15) is 9.59 Å². The number of nitrogens with one attached hydrogen (secondary N) is 1. The molecule has 1 aromatic rings. The number of amides is 2. The second kappa shape index (κ2) is 9.51. The highest BCUT2D eigenvalue weighted by molar-refractivity contribution is 7.99. The van der Waals surface area contributed by atoms with Crippen molar-refractivity contribution in [2.45, 2.75) is 56.1 Å². The van der Waals surface area contributed by atoms with E-state index < -0.39 is 0 Å². The van der Waals surface area contributed by atoms with E-state index in [-0.39, 0.29) is 11.8 Å². The zero-order valence-corrected chi connectivity index (χ0v) is 18.2. The molecular formula is C20H28ClN5O2S. The highest BCUT2D eigenvalue weighted by Crippen LogP contribution is 2.31. The molecule has 1 N–H and O–H groups in total. The van der Waals surface area contributed by atoms with Gasteiger partial charge in [-0.05, 0) is 25.7 Å². The second-order valence-corrected chi connectivity index (χ2v) is 9.44. The fourth-order valence-corrected chi connectivity index (χ4v) is 4.90. The molecule has 7 nitrogen and oxygen atoms in total. The molecule has 3 aliphatic rings. The predicted octanol–water partition coefficient (Wildman–Crippen LogP) is 2.73. The van der Waals surface area contributed by atoms with Gasteiger partial charge in [0.25, 0.3) is 0 Å².